The molecular weight excluding hydrogens is 232 g/mol. The Hall–Kier alpha value is -1.76. The van der Waals surface area contributed by atoms with E-state index >= 15 is 0 Å². The Kier molecular flexibility index (Phi) is 4.26. The molecule has 1 heteroatoms. The van der Waals surface area contributed by atoms with Crippen molar-refractivity contribution >= 4 is 0 Å². The Morgan fingerprint density at radius 1 is 0.789 bits per heavy atom. The molecule has 0 fully saturated rings. The van der Waals surface area contributed by atoms with Crippen molar-refractivity contribution in [1.29, 1.82) is 0 Å². The van der Waals surface area contributed by atoms with Gasteiger partial charge < -0.3 is 5.11 Å². The summed E-state index contributed by atoms with van der Waals surface area (Å²) < 4.78 is 0. The van der Waals surface area contributed by atoms with Gasteiger partial charge in [0.05, 0.1) is 0 Å². The van der Waals surface area contributed by atoms with Gasteiger partial charge in [-0.05, 0) is 59.2 Å². The summed E-state index contributed by atoms with van der Waals surface area (Å²) in [5.74, 6) is 0.352. The highest BCUT2D eigenvalue weighted by Crippen LogP contribution is 2.32. The predicted molar refractivity (Wildman–Crippen MR) is 81.7 cm³/mol. The summed E-state index contributed by atoms with van der Waals surface area (Å²) in [5, 5.41) is 9.64. The maximum Gasteiger partial charge on any atom is 0.115 e. The van der Waals surface area contributed by atoms with Crippen LogP contribution in [0.15, 0.2) is 36.4 Å². The van der Waals surface area contributed by atoms with Crippen LogP contribution in [0.1, 0.15) is 37.5 Å². The van der Waals surface area contributed by atoms with E-state index in [0.29, 0.717) is 5.75 Å². The van der Waals surface area contributed by atoms with Crippen molar-refractivity contribution in [1.82, 2.24) is 0 Å². The van der Waals surface area contributed by atoms with E-state index in [4.69, 9.17) is 0 Å². The Morgan fingerprint density at radius 2 is 1.53 bits per heavy atom. The molecule has 100 valence electrons. The number of phenolic OH excluding ortho intramolecular Hbond substituents is 1. The molecule has 0 saturated heterocycles. The second kappa shape index (κ2) is 5.92. The summed E-state index contributed by atoms with van der Waals surface area (Å²) in [6.45, 7) is 6.55. The van der Waals surface area contributed by atoms with Crippen LogP contribution in [-0.2, 0) is 19.3 Å². The van der Waals surface area contributed by atoms with E-state index in [1.165, 1.54) is 27.8 Å². The Bertz CT molecular complexity index is 570. The fraction of sp³-hybridized carbons (Fsp3) is 0.333. The summed E-state index contributed by atoms with van der Waals surface area (Å²) in [6, 6.07) is 12.3. The Morgan fingerprint density at radius 3 is 2.16 bits per heavy atom. The third-order valence-corrected chi connectivity index (χ3v) is 3.77. The lowest BCUT2D eigenvalue weighted by molar-refractivity contribution is 0.474. The van der Waals surface area contributed by atoms with Gasteiger partial charge in [-0.2, -0.15) is 0 Å². The van der Waals surface area contributed by atoms with Crippen LogP contribution in [0.4, 0.5) is 0 Å². The van der Waals surface area contributed by atoms with Gasteiger partial charge in [0.15, 0.2) is 0 Å². The fourth-order valence-corrected chi connectivity index (χ4v) is 2.77. The van der Waals surface area contributed by atoms with Gasteiger partial charge >= 0.3 is 0 Å². The average Bonchev–Trinajstić information content (AvgIpc) is 2.46. The monoisotopic (exact) mass is 254 g/mol. The number of aromatic hydroxyl groups is 1. The maximum atomic E-state index is 9.64. The van der Waals surface area contributed by atoms with E-state index in [-0.39, 0.29) is 0 Å². The lowest BCUT2D eigenvalue weighted by atomic mass is 9.89. The largest absolute Gasteiger partial charge is 0.508 e. The zero-order valence-electron chi connectivity index (χ0n) is 12.0. The first kappa shape index (κ1) is 13.7. The SMILES string of the molecule is CCc1cc(O)ccc1-c1cccc(CC)c1CC. The molecule has 2 aromatic rings. The van der Waals surface area contributed by atoms with Crippen molar-refractivity contribution in [3.05, 3.63) is 53.1 Å². The molecule has 0 amide bonds. The minimum absolute atomic E-state index is 0.352. The highest BCUT2D eigenvalue weighted by Gasteiger charge is 2.11. The molecule has 0 heterocycles. The van der Waals surface area contributed by atoms with Crippen LogP contribution in [0.5, 0.6) is 5.75 Å². The number of aryl methyl sites for hydroxylation is 2. The van der Waals surface area contributed by atoms with Gasteiger partial charge in [-0.1, -0.05) is 45.0 Å². The number of benzene rings is 2. The van der Waals surface area contributed by atoms with Crippen LogP contribution in [-0.4, -0.2) is 5.11 Å². The Labute approximate surface area is 115 Å². The topological polar surface area (TPSA) is 20.2 Å². The van der Waals surface area contributed by atoms with Crippen LogP contribution in [0.2, 0.25) is 0 Å². The maximum absolute atomic E-state index is 9.64. The molecule has 0 bridgehead atoms. The van der Waals surface area contributed by atoms with Crippen LogP contribution in [0, 0.1) is 0 Å². The van der Waals surface area contributed by atoms with E-state index in [2.05, 4.69) is 39.0 Å². The third-order valence-electron chi connectivity index (χ3n) is 3.77. The highest BCUT2D eigenvalue weighted by molar-refractivity contribution is 5.72. The molecule has 2 rings (SSSR count). The molecule has 0 aromatic heterocycles. The van der Waals surface area contributed by atoms with Crippen molar-refractivity contribution in [2.75, 3.05) is 0 Å². The van der Waals surface area contributed by atoms with Gasteiger partial charge in [-0.15, -0.1) is 0 Å². The van der Waals surface area contributed by atoms with E-state index in [0.717, 1.165) is 19.3 Å². The van der Waals surface area contributed by atoms with Crippen molar-refractivity contribution in [2.45, 2.75) is 40.0 Å². The van der Waals surface area contributed by atoms with Gasteiger partial charge in [0.25, 0.3) is 0 Å². The lowest BCUT2D eigenvalue weighted by Crippen LogP contribution is -1.97. The van der Waals surface area contributed by atoms with Gasteiger partial charge in [0.1, 0.15) is 5.75 Å². The Balaban J connectivity index is 2.65. The normalized spacial score (nSPS) is 10.7. The molecule has 0 aliphatic heterocycles. The molecule has 0 spiro atoms. The predicted octanol–water partition coefficient (Wildman–Crippen LogP) is 4.75. The van der Waals surface area contributed by atoms with Crippen molar-refractivity contribution < 1.29 is 5.11 Å². The van der Waals surface area contributed by atoms with Gasteiger partial charge in [-0.3, -0.25) is 0 Å². The smallest absolute Gasteiger partial charge is 0.115 e. The van der Waals surface area contributed by atoms with E-state index in [1.807, 2.05) is 12.1 Å². The van der Waals surface area contributed by atoms with E-state index in [1.54, 1.807) is 6.07 Å². The summed E-state index contributed by atoms with van der Waals surface area (Å²) in [7, 11) is 0. The summed E-state index contributed by atoms with van der Waals surface area (Å²) in [4.78, 5) is 0. The van der Waals surface area contributed by atoms with E-state index < -0.39 is 0 Å². The standard InChI is InChI=1S/C18H22O/c1-4-13-8-7-9-18(16(13)6-3)17-11-10-15(19)12-14(17)5-2/h7-12,19H,4-6H2,1-3H3. The molecule has 1 nitrogen and oxygen atoms in total. The molecule has 19 heavy (non-hydrogen) atoms. The highest BCUT2D eigenvalue weighted by atomic mass is 16.3. The number of hydrogen-bond acceptors (Lipinski definition) is 1. The summed E-state index contributed by atoms with van der Waals surface area (Å²) in [5.41, 5.74) is 6.65. The quantitative estimate of drug-likeness (QED) is 0.835. The number of phenols is 1. The van der Waals surface area contributed by atoms with Crippen molar-refractivity contribution in [2.24, 2.45) is 0 Å². The van der Waals surface area contributed by atoms with Crippen LogP contribution < -0.4 is 0 Å². The molecule has 2 aromatic carbocycles. The van der Waals surface area contributed by atoms with E-state index in [9.17, 15) is 5.11 Å². The lowest BCUT2D eigenvalue weighted by Gasteiger charge is -2.15. The molecule has 0 saturated carbocycles. The first-order valence-electron chi connectivity index (χ1n) is 7.14. The summed E-state index contributed by atoms with van der Waals surface area (Å²) in [6.07, 6.45) is 3.04. The summed E-state index contributed by atoms with van der Waals surface area (Å²) >= 11 is 0. The van der Waals surface area contributed by atoms with Gasteiger partial charge in [0.2, 0.25) is 0 Å². The van der Waals surface area contributed by atoms with Crippen LogP contribution >= 0.6 is 0 Å². The minimum Gasteiger partial charge on any atom is -0.508 e. The fourth-order valence-electron chi connectivity index (χ4n) is 2.77. The van der Waals surface area contributed by atoms with Crippen molar-refractivity contribution in [3.8, 4) is 16.9 Å². The van der Waals surface area contributed by atoms with Gasteiger partial charge in [0, 0.05) is 0 Å². The zero-order valence-corrected chi connectivity index (χ0v) is 12.0. The second-order valence-electron chi connectivity index (χ2n) is 4.85. The molecule has 0 aliphatic rings. The minimum atomic E-state index is 0.352. The first-order chi connectivity index (χ1) is 9.21. The number of hydrogen-bond donors (Lipinski definition) is 1. The van der Waals surface area contributed by atoms with Crippen LogP contribution in [0.25, 0.3) is 11.1 Å². The third kappa shape index (κ3) is 2.65. The average molecular weight is 254 g/mol. The molecular formula is C18H22O. The molecule has 0 unspecified atom stereocenters. The molecule has 0 radical (unpaired) electrons. The first-order valence-corrected chi connectivity index (χ1v) is 7.14. The van der Waals surface area contributed by atoms with Crippen LogP contribution in [0.3, 0.4) is 0 Å². The molecule has 0 atom stereocenters. The molecule has 0 aliphatic carbocycles. The number of rotatable bonds is 4. The molecule has 1 N–H and O–H groups in total. The zero-order chi connectivity index (χ0) is 13.8. The van der Waals surface area contributed by atoms with Crippen molar-refractivity contribution in [3.63, 3.8) is 0 Å². The second-order valence-corrected chi connectivity index (χ2v) is 4.85. The van der Waals surface area contributed by atoms with Gasteiger partial charge in [-0.25, -0.2) is 0 Å².